The summed E-state index contributed by atoms with van der Waals surface area (Å²) in [6.07, 6.45) is 6.40. The summed E-state index contributed by atoms with van der Waals surface area (Å²) in [5, 5.41) is 11.0. The molecule has 3 rings (SSSR count). The summed E-state index contributed by atoms with van der Waals surface area (Å²) in [6, 6.07) is 11.4. The molecule has 150 valence electrons. The number of guanidine groups is 1. The van der Waals surface area contributed by atoms with E-state index in [0.29, 0.717) is 24.3 Å². The topological polar surface area (TPSA) is 57.7 Å². The van der Waals surface area contributed by atoms with Crippen LogP contribution in [-0.4, -0.2) is 43.3 Å². The number of fused-ring (bicyclic) bond motifs is 2. The van der Waals surface area contributed by atoms with Crippen LogP contribution in [0.2, 0.25) is 0 Å². The van der Waals surface area contributed by atoms with E-state index in [2.05, 4.69) is 72.0 Å². The summed E-state index contributed by atoms with van der Waals surface area (Å²) < 4.78 is 5.96. The minimum Gasteiger partial charge on any atom is -0.373 e. The molecule has 2 aliphatic rings. The summed E-state index contributed by atoms with van der Waals surface area (Å²) >= 11 is 0. The van der Waals surface area contributed by atoms with Gasteiger partial charge in [-0.25, -0.2) is 0 Å². The highest BCUT2D eigenvalue weighted by Gasteiger charge is 2.41. The Labute approximate surface area is 164 Å². The van der Waals surface area contributed by atoms with Gasteiger partial charge in [0.05, 0.1) is 18.2 Å². The lowest BCUT2D eigenvalue weighted by Gasteiger charge is -2.37. The molecule has 2 heterocycles. The maximum Gasteiger partial charge on any atom is 0.191 e. The number of hydrogen-bond acceptors (Lipinski definition) is 3. The van der Waals surface area contributed by atoms with Gasteiger partial charge in [0.2, 0.25) is 0 Å². The van der Waals surface area contributed by atoms with E-state index >= 15 is 0 Å². The molecule has 1 aromatic carbocycles. The fourth-order valence-electron chi connectivity index (χ4n) is 4.45. The van der Waals surface area contributed by atoms with Crippen LogP contribution in [0.15, 0.2) is 35.3 Å². The van der Waals surface area contributed by atoms with Gasteiger partial charge in [-0.2, -0.15) is 0 Å². The van der Waals surface area contributed by atoms with E-state index in [4.69, 9.17) is 4.74 Å². The average Bonchev–Trinajstić information content (AvgIpc) is 3.33. The second-order valence-corrected chi connectivity index (χ2v) is 8.05. The molecule has 2 saturated heterocycles. The summed E-state index contributed by atoms with van der Waals surface area (Å²) in [4.78, 5) is 4.46. The van der Waals surface area contributed by atoms with Crippen LogP contribution in [0.5, 0.6) is 0 Å². The third kappa shape index (κ3) is 4.82. The van der Waals surface area contributed by atoms with E-state index in [0.717, 1.165) is 31.8 Å². The van der Waals surface area contributed by atoms with Crippen molar-refractivity contribution in [1.29, 1.82) is 0 Å². The molecule has 0 radical (unpaired) electrons. The van der Waals surface area contributed by atoms with Gasteiger partial charge in [0.1, 0.15) is 0 Å². The van der Waals surface area contributed by atoms with E-state index in [1.165, 1.54) is 18.4 Å². The van der Waals surface area contributed by atoms with Crippen molar-refractivity contribution in [2.75, 3.05) is 13.6 Å². The second-order valence-electron chi connectivity index (χ2n) is 8.05. The molecular weight excluding hydrogens is 336 g/mol. The Bertz CT molecular complexity index is 614. The zero-order valence-corrected chi connectivity index (χ0v) is 17.3. The number of aliphatic imine (C=N–C) groups is 1. The van der Waals surface area contributed by atoms with E-state index in [1.807, 2.05) is 7.05 Å². The molecule has 0 saturated carbocycles. The van der Waals surface area contributed by atoms with Gasteiger partial charge in [-0.05, 0) is 44.6 Å². The molecule has 4 atom stereocenters. The number of hydrogen-bond donors (Lipinski definition) is 3. The third-order valence-electron chi connectivity index (χ3n) is 6.42. The molecule has 0 amide bonds. The van der Waals surface area contributed by atoms with Crippen LogP contribution in [0.1, 0.15) is 64.5 Å². The fraction of sp³-hybridized carbons (Fsp3) is 0.682. The first-order valence-corrected chi connectivity index (χ1v) is 10.5. The summed E-state index contributed by atoms with van der Waals surface area (Å²) in [5.74, 6) is 0.886. The third-order valence-corrected chi connectivity index (χ3v) is 6.42. The van der Waals surface area contributed by atoms with Crippen molar-refractivity contribution >= 4 is 5.96 Å². The molecular formula is C22H36N4O. The van der Waals surface area contributed by atoms with E-state index < -0.39 is 0 Å². The Morgan fingerprint density at radius 1 is 1.22 bits per heavy atom. The SMILES string of the molecule is CCC(CC)(CNC(=NC)NC1CC2CCC1O2)NC(C)c1ccccc1. The summed E-state index contributed by atoms with van der Waals surface area (Å²) in [7, 11) is 1.85. The highest BCUT2D eigenvalue weighted by atomic mass is 16.5. The molecule has 0 spiro atoms. The maximum atomic E-state index is 5.96. The highest BCUT2D eigenvalue weighted by molar-refractivity contribution is 5.80. The molecule has 5 heteroatoms. The van der Waals surface area contributed by atoms with Crippen molar-refractivity contribution in [2.24, 2.45) is 4.99 Å². The molecule has 0 aliphatic carbocycles. The van der Waals surface area contributed by atoms with E-state index in [9.17, 15) is 0 Å². The molecule has 0 aromatic heterocycles. The summed E-state index contributed by atoms with van der Waals surface area (Å²) in [6.45, 7) is 7.61. The van der Waals surface area contributed by atoms with Crippen molar-refractivity contribution in [1.82, 2.24) is 16.0 Å². The predicted molar refractivity (Wildman–Crippen MR) is 112 cm³/mol. The number of rotatable bonds is 8. The molecule has 2 aliphatic heterocycles. The first-order chi connectivity index (χ1) is 13.1. The van der Waals surface area contributed by atoms with E-state index in [1.54, 1.807) is 0 Å². The van der Waals surface area contributed by atoms with Gasteiger partial charge in [0, 0.05) is 25.2 Å². The molecule has 2 fully saturated rings. The van der Waals surface area contributed by atoms with Gasteiger partial charge >= 0.3 is 0 Å². The van der Waals surface area contributed by atoms with Crippen LogP contribution >= 0.6 is 0 Å². The first kappa shape index (κ1) is 20.2. The van der Waals surface area contributed by atoms with Crippen molar-refractivity contribution in [3.8, 4) is 0 Å². The Balaban J connectivity index is 1.57. The van der Waals surface area contributed by atoms with Gasteiger partial charge in [-0.1, -0.05) is 44.2 Å². The second kappa shape index (κ2) is 9.07. The number of nitrogens with one attached hydrogen (secondary N) is 3. The fourth-order valence-corrected chi connectivity index (χ4v) is 4.45. The van der Waals surface area contributed by atoms with Crippen molar-refractivity contribution < 1.29 is 4.74 Å². The quantitative estimate of drug-likeness (QED) is 0.484. The van der Waals surface area contributed by atoms with Crippen molar-refractivity contribution in [3.63, 3.8) is 0 Å². The molecule has 2 bridgehead atoms. The zero-order chi connectivity index (χ0) is 19.3. The zero-order valence-electron chi connectivity index (χ0n) is 17.3. The molecule has 3 N–H and O–H groups in total. The minimum atomic E-state index is 0.0259. The smallest absolute Gasteiger partial charge is 0.191 e. The Morgan fingerprint density at radius 2 is 1.96 bits per heavy atom. The van der Waals surface area contributed by atoms with Crippen LogP contribution in [0.3, 0.4) is 0 Å². The number of ether oxygens (including phenoxy) is 1. The molecule has 4 unspecified atom stereocenters. The van der Waals surface area contributed by atoms with Gasteiger partial charge in [0.15, 0.2) is 5.96 Å². The minimum absolute atomic E-state index is 0.0259. The van der Waals surface area contributed by atoms with Crippen LogP contribution in [0.4, 0.5) is 0 Å². The lowest BCUT2D eigenvalue weighted by atomic mass is 9.90. The standard InChI is InChI=1S/C22H36N4O/c1-5-22(6-2,26-16(3)17-10-8-7-9-11-17)15-24-21(23-4)25-19-14-18-12-13-20(19)27-18/h7-11,16,18-20,26H,5-6,12-15H2,1-4H3,(H2,23,24,25). The van der Waals surface area contributed by atoms with Crippen LogP contribution < -0.4 is 16.0 Å². The lowest BCUT2D eigenvalue weighted by molar-refractivity contribution is 0.0992. The first-order valence-electron chi connectivity index (χ1n) is 10.5. The van der Waals surface area contributed by atoms with E-state index in [-0.39, 0.29) is 5.54 Å². The molecule has 1 aromatic rings. The average molecular weight is 373 g/mol. The van der Waals surface area contributed by atoms with Crippen LogP contribution in [-0.2, 0) is 4.74 Å². The van der Waals surface area contributed by atoms with Gasteiger partial charge in [-0.15, -0.1) is 0 Å². The van der Waals surface area contributed by atoms with Crippen LogP contribution in [0.25, 0.3) is 0 Å². The summed E-state index contributed by atoms with van der Waals surface area (Å²) in [5.41, 5.74) is 1.35. The molecule has 27 heavy (non-hydrogen) atoms. The Kier molecular flexibility index (Phi) is 6.77. The van der Waals surface area contributed by atoms with Crippen LogP contribution in [0, 0.1) is 0 Å². The number of benzene rings is 1. The van der Waals surface area contributed by atoms with Gasteiger partial charge < -0.3 is 20.7 Å². The number of nitrogens with zero attached hydrogens (tertiary/aromatic N) is 1. The lowest BCUT2D eigenvalue weighted by Crippen LogP contribution is -2.56. The monoisotopic (exact) mass is 372 g/mol. The predicted octanol–water partition coefficient (Wildman–Crippen LogP) is 3.38. The Morgan fingerprint density at radius 3 is 2.52 bits per heavy atom. The van der Waals surface area contributed by atoms with Gasteiger partial charge in [-0.3, -0.25) is 4.99 Å². The van der Waals surface area contributed by atoms with Crippen molar-refractivity contribution in [2.45, 2.75) is 82.7 Å². The maximum absolute atomic E-state index is 5.96. The molecule has 5 nitrogen and oxygen atoms in total. The van der Waals surface area contributed by atoms with Crippen molar-refractivity contribution in [3.05, 3.63) is 35.9 Å². The largest absolute Gasteiger partial charge is 0.373 e. The normalized spacial score (nSPS) is 26.2. The Hall–Kier alpha value is -1.59. The van der Waals surface area contributed by atoms with Gasteiger partial charge in [0.25, 0.3) is 0 Å². The highest BCUT2D eigenvalue weighted by Crippen LogP contribution is 2.34.